The molecule has 2 amide bonds. The molecule has 2 heterocycles. The van der Waals surface area contributed by atoms with Crippen molar-refractivity contribution in [3.8, 4) is 0 Å². The van der Waals surface area contributed by atoms with Crippen LogP contribution in [0.4, 0.5) is 10.5 Å². The van der Waals surface area contributed by atoms with Gasteiger partial charge in [-0.3, -0.25) is 0 Å². The van der Waals surface area contributed by atoms with Gasteiger partial charge >= 0.3 is 6.03 Å². The fourth-order valence-corrected chi connectivity index (χ4v) is 5.07. The second-order valence-electron chi connectivity index (χ2n) is 8.64. The van der Waals surface area contributed by atoms with Crippen LogP contribution in [-0.4, -0.2) is 30.2 Å². The van der Waals surface area contributed by atoms with Gasteiger partial charge in [0.2, 0.25) is 0 Å². The summed E-state index contributed by atoms with van der Waals surface area (Å²) < 4.78 is 0. The molecule has 4 nitrogen and oxygen atoms in total. The molecule has 4 atom stereocenters. The summed E-state index contributed by atoms with van der Waals surface area (Å²) in [5.74, 6) is 0.515. The van der Waals surface area contributed by atoms with Crippen molar-refractivity contribution in [3.05, 3.63) is 29.8 Å². The molecule has 1 aromatic rings. The minimum Gasteiger partial charge on any atom is -0.335 e. The van der Waals surface area contributed by atoms with E-state index in [4.69, 9.17) is 0 Å². The van der Waals surface area contributed by atoms with E-state index in [0.29, 0.717) is 12.0 Å². The summed E-state index contributed by atoms with van der Waals surface area (Å²) in [5, 5.41) is 6.26. The molecule has 2 bridgehead atoms. The van der Waals surface area contributed by atoms with E-state index in [9.17, 15) is 4.79 Å². The zero-order valence-electron chi connectivity index (χ0n) is 15.6. The number of quaternary nitrogens is 1. The number of nitrogens with one attached hydrogen (secondary N) is 3. The number of amides is 2. The van der Waals surface area contributed by atoms with Crippen LogP contribution in [0.5, 0.6) is 0 Å². The molecule has 1 aromatic carbocycles. The summed E-state index contributed by atoms with van der Waals surface area (Å²) in [6.45, 7) is 4.37. The highest BCUT2D eigenvalue weighted by Crippen LogP contribution is 2.27. The standard InChI is InChI=1S/C21H31N3O/c1-14(2)15-6-8-16(9-7-15)22-21(25)23-17-12-19-4-3-5-20(13-17)24(19)18-10-11-18/h6-9,14,17-20H,3-5,10-13H2,1-2H3,(H2,22,23,25)/p+1/t17?,19-,20+. The molecular formula is C21H32N3O+. The van der Waals surface area contributed by atoms with Crippen LogP contribution in [0.15, 0.2) is 24.3 Å². The minimum atomic E-state index is -0.0461. The highest BCUT2D eigenvalue weighted by molar-refractivity contribution is 5.89. The third kappa shape index (κ3) is 3.84. The Morgan fingerprint density at radius 3 is 2.20 bits per heavy atom. The van der Waals surface area contributed by atoms with Crippen molar-refractivity contribution in [2.75, 3.05) is 5.32 Å². The van der Waals surface area contributed by atoms with Crippen LogP contribution in [0.25, 0.3) is 0 Å². The van der Waals surface area contributed by atoms with E-state index in [1.165, 1.54) is 37.7 Å². The van der Waals surface area contributed by atoms with E-state index < -0.39 is 0 Å². The Bertz CT molecular complexity index is 594. The molecule has 25 heavy (non-hydrogen) atoms. The lowest BCUT2D eigenvalue weighted by Crippen LogP contribution is -3.22. The van der Waals surface area contributed by atoms with Crippen LogP contribution in [0.3, 0.4) is 0 Å². The largest absolute Gasteiger partial charge is 0.335 e. The van der Waals surface area contributed by atoms with Crippen molar-refractivity contribution in [1.29, 1.82) is 0 Å². The number of anilines is 1. The zero-order valence-corrected chi connectivity index (χ0v) is 15.6. The molecule has 2 saturated heterocycles. The van der Waals surface area contributed by atoms with Crippen molar-refractivity contribution in [2.24, 2.45) is 0 Å². The number of benzene rings is 1. The number of fused-ring (bicyclic) bond motifs is 2. The maximum Gasteiger partial charge on any atom is 0.319 e. The molecule has 1 aliphatic carbocycles. The fourth-order valence-electron chi connectivity index (χ4n) is 5.07. The second-order valence-corrected chi connectivity index (χ2v) is 8.64. The SMILES string of the molecule is CC(C)c1ccc(NC(=O)NC2C[C@H]3CCC[C@@H](C2)[NH+]3C2CC2)cc1. The van der Waals surface area contributed by atoms with Gasteiger partial charge in [-0.1, -0.05) is 26.0 Å². The van der Waals surface area contributed by atoms with Gasteiger partial charge in [-0.15, -0.1) is 0 Å². The molecule has 2 aliphatic heterocycles. The highest BCUT2D eigenvalue weighted by Gasteiger charge is 2.48. The van der Waals surface area contributed by atoms with E-state index >= 15 is 0 Å². The van der Waals surface area contributed by atoms with Crippen LogP contribution in [0.1, 0.15) is 70.3 Å². The van der Waals surface area contributed by atoms with E-state index in [-0.39, 0.29) is 6.03 Å². The highest BCUT2D eigenvalue weighted by atomic mass is 16.2. The van der Waals surface area contributed by atoms with Gasteiger partial charge in [0.25, 0.3) is 0 Å². The molecule has 3 aliphatic rings. The number of carbonyl (C=O) groups excluding carboxylic acids is 1. The first kappa shape index (κ1) is 16.9. The molecule has 0 aromatic heterocycles. The third-order valence-electron chi connectivity index (χ3n) is 6.41. The van der Waals surface area contributed by atoms with Crippen molar-refractivity contribution in [2.45, 2.75) is 88.9 Å². The van der Waals surface area contributed by atoms with E-state index in [1.54, 1.807) is 0 Å². The summed E-state index contributed by atoms with van der Waals surface area (Å²) in [4.78, 5) is 14.3. The first-order valence-electron chi connectivity index (χ1n) is 10.1. The summed E-state index contributed by atoms with van der Waals surface area (Å²) >= 11 is 0. The average molecular weight is 343 g/mol. The van der Waals surface area contributed by atoms with Crippen molar-refractivity contribution in [1.82, 2.24) is 5.32 Å². The molecule has 3 N–H and O–H groups in total. The van der Waals surface area contributed by atoms with Crippen LogP contribution >= 0.6 is 0 Å². The predicted octanol–water partition coefficient (Wildman–Crippen LogP) is 3.06. The van der Waals surface area contributed by atoms with Gasteiger partial charge in [-0.25, -0.2) is 4.79 Å². The minimum absolute atomic E-state index is 0.0461. The number of carbonyl (C=O) groups is 1. The Kier molecular flexibility index (Phi) is 4.72. The maximum atomic E-state index is 12.4. The number of piperidine rings is 2. The lowest BCUT2D eigenvalue weighted by atomic mass is 9.81. The van der Waals surface area contributed by atoms with Crippen LogP contribution < -0.4 is 15.5 Å². The monoisotopic (exact) mass is 342 g/mol. The zero-order chi connectivity index (χ0) is 17.4. The van der Waals surface area contributed by atoms with Gasteiger partial charge in [-0.2, -0.15) is 0 Å². The maximum absolute atomic E-state index is 12.4. The van der Waals surface area contributed by atoms with E-state index in [0.717, 1.165) is 36.7 Å². The summed E-state index contributed by atoms with van der Waals surface area (Å²) in [6, 6.07) is 11.0. The molecule has 136 valence electrons. The number of hydrogen-bond donors (Lipinski definition) is 3. The summed E-state index contributed by atoms with van der Waals surface area (Å²) in [6.07, 6.45) is 9.23. The van der Waals surface area contributed by atoms with Gasteiger partial charge in [0, 0.05) is 37.4 Å². The normalized spacial score (nSPS) is 31.6. The second kappa shape index (κ2) is 6.99. The third-order valence-corrected chi connectivity index (χ3v) is 6.41. The Morgan fingerprint density at radius 1 is 1.00 bits per heavy atom. The Hall–Kier alpha value is -1.55. The molecule has 0 spiro atoms. The topological polar surface area (TPSA) is 45.6 Å². The first-order chi connectivity index (χ1) is 12.1. The van der Waals surface area contributed by atoms with Crippen molar-refractivity contribution in [3.63, 3.8) is 0 Å². The summed E-state index contributed by atoms with van der Waals surface area (Å²) in [7, 11) is 0. The van der Waals surface area contributed by atoms with E-state index in [1.807, 2.05) is 17.0 Å². The van der Waals surface area contributed by atoms with Gasteiger partial charge < -0.3 is 15.5 Å². The number of rotatable bonds is 4. The Balaban J connectivity index is 1.32. The molecule has 4 rings (SSSR count). The summed E-state index contributed by atoms with van der Waals surface area (Å²) in [5.41, 5.74) is 2.18. The fraction of sp³-hybridized carbons (Fsp3) is 0.667. The average Bonchev–Trinajstić information content (AvgIpc) is 3.39. The van der Waals surface area contributed by atoms with Gasteiger partial charge in [0.05, 0.1) is 18.1 Å². The van der Waals surface area contributed by atoms with Crippen molar-refractivity contribution >= 4 is 11.7 Å². The van der Waals surface area contributed by atoms with Crippen molar-refractivity contribution < 1.29 is 9.69 Å². The smallest absolute Gasteiger partial charge is 0.319 e. The van der Waals surface area contributed by atoms with Crippen LogP contribution in [0, 0.1) is 0 Å². The van der Waals surface area contributed by atoms with Crippen LogP contribution in [-0.2, 0) is 0 Å². The lowest BCUT2D eigenvalue weighted by molar-refractivity contribution is -0.971. The quantitative estimate of drug-likeness (QED) is 0.774. The molecule has 4 heteroatoms. The van der Waals surface area contributed by atoms with Crippen LogP contribution in [0.2, 0.25) is 0 Å². The van der Waals surface area contributed by atoms with E-state index in [2.05, 4.69) is 36.6 Å². The molecular weight excluding hydrogens is 310 g/mol. The molecule has 0 radical (unpaired) electrons. The first-order valence-corrected chi connectivity index (χ1v) is 10.1. The molecule has 2 unspecified atom stereocenters. The van der Waals surface area contributed by atoms with Gasteiger partial charge in [0.1, 0.15) is 0 Å². The van der Waals surface area contributed by atoms with Gasteiger partial charge in [0.15, 0.2) is 0 Å². The Labute approximate surface area is 151 Å². The predicted molar refractivity (Wildman–Crippen MR) is 101 cm³/mol. The molecule has 3 fully saturated rings. The van der Waals surface area contributed by atoms with Gasteiger partial charge in [-0.05, 0) is 42.9 Å². The lowest BCUT2D eigenvalue weighted by Gasteiger charge is -2.46. The molecule has 1 saturated carbocycles. The Morgan fingerprint density at radius 2 is 1.64 bits per heavy atom. The number of urea groups is 1. The number of hydrogen-bond acceptors (Lipinski definition) is 1.